The van der Waals surface area contributed by atoms with Crippen LogP contribution >= 0.6 is 0 Å². The molecule has 4 nitrogen and oxygen atoms in total. The normalized spacial score (nSPS) is 26.6. The standard InChI is InChI=1S/C14H29N3O/c1-6-14(7-2)11(10-12(14)18-9-4)17-13(15-5)16-8-3/h11-12H,6-10H2,1-5H3,(H2,15,16,17). The lowest BCUT2D eigenvalue weighted by Gasteiger charge is -2.55. The highest BCUT2D eigenvalue weighted by Gasteiger charge is 2.53. The molecule has 106 valence electrons. The monoisotopic (exact) mass is 255 g/mol. The summed E-state index contributed by atoms with van der Waals surface area (Å²) in [7, 11) is 1.82. The Morgan fingerprint density at radius 2 is 1.94 bits per heavy atom. The van der Waals surface area contributed by atoms with Crippen molar-refractivity contribution >= 4 is 5.96 Å². The van der Waals surface area contributed by atoms with E-state index in [9.17, 15) is 0 Å². The van der Waals surface area contributed by atoms with Crippen LogP contribution < -0.4 is 10.6 Å². The van der Waals surface area contributed by atoms with Gasteiger partial charge in [-0.25, -0.2) is 0 Å². The Labute approximate surface area is 112 Å². The van der Waals surface area contributed by atoms with E-state index in [-0.39, 0.29) is 5.41 Å². The van der Waals surface area contributed by atoms with Crippen molar-refractivity contribution < 1.29 is 4.74 Å². The molecule has 0 radical (unpaired) electrons. The highest BCUT2D eigenvalue weighted by Crippen LogP contribution is 2.48. The summed E-state index contributed by atoms with van der Waals surface area (Å²) in [5.74, 6) is 0.906. The van der Waals surface area contributed by atoms with Crippen molar-refractivity contribution in [1.29, 1.82) is 0 Å². The summed E-state index contributed by atoms with van der Waals surface area (Å²) in [6.45, 7) is 10.4. The zero-order valence-electron chi connectivity index (χ0n) is 12.5. The van der Waals surface area contributed by atoms with Gasteiger partial charge in [-0.05, 0) is 33.1 Å². The largest absolute Gasteiger partial charge is 0.378 e. The van der Waals surface area contributed by atoms with E-state index in [1.165, 1.54) is 0 Å². The summed E-state index contributed by atoms with van der Waals surface area (Å²) in [4.78, 5) is 4.26. The van der Waals surface area contributed by atoms with Crippen LogP contribution in [0, 0.1) is 5.41 Å². The van der Waals surface area contributed by atoms with E-state index in [1.807, 2.05) is 7.05 Å². The lowest BCUT2D eigenvalue weighted by atomic mass is 9.58. The molecule has 2 unspecified atom stereocenters. The van der Waals surface area contributed by atoms with Gasteiger partial charge < -0.3 is 15.4 Å². The molecule has 2 N–H and O–H groups in total. The first-order chi connectivity index (χ1) is 8.68. The lowest BCUT2D eigenvalue weighted by Crippen LogP contribution is -2.65. The van der Waals surface area contributed by atoms with Crippen LogP contribution in [0.25, 0.3) is 0 Å². The average Bonchev–Trinajstić information content (AvgIpc) is 2.38. The van der Waals surface area contributed by atoms with Crippen molar-refractivity contribution in [3.05, 3.63) is 0 Å². The first-order valence-corrected chi connectivity index (χ1v) is 7.27. The molecule has 4 heteroatoms. The molecule has 0 spiro atoms. The molecule has 0 aliphatic heterocycles. The third kappa shape index (κ3) is 2.79. The predicted molar refractivity (Wildman–Crippen MR) is 77.0 cm³/mol. The van der Waals surface area contributed by atoms with Crippen LogP contribution in [0.4, 0.5) is 0 Å². The van der Waals surface area contributed by atoms with Crippen molar-refractivity contribution in [3.63, 3.8) is 0 Å². The molecule has 0 aromatic rings. The van der Waals surface area contributed by atoms with E-state index >= 15 is 0 Å². The van der Waals surface area contributed by atoms with E-state index in [1.54, 1.807) is 0 Å². The molecular formula is C14H29N3O. The van der Waals surface area contributed by atoms with Crippen molar-refractivity contribution in [2.45, 2.75) is 59.1 Å². The van der Waals surface area contributed by atoms with Gasteiger partial charge >= 0.3 is 0 Å². The van der Waals surface area contributed by atoms with Crippen molar-refractivity contribution in [2.75, 3.05) is 20.2 Å². The molecule has 0 saturated heterocycles. The van der Waals surface area contributed by atoms with Gasteiger partial charge in [-0.1, -0.05) is 13.8 Å². The van der Waals surface area contributed by atoms with E-state index in [4.69, 9.17) is 4.74 Å². The topological polar surface area (TPSA) is 45.7 Å². The fourth-order valence-corrected chi connectivity index (χ4v) is 3.11. The molecule has 0 bridgehead atoms. The Balaban J connectivity index is 2.67. The number of rotatable bonds is 6. The minimum atomic E-state index is 0.265. The number of nitrogens with one attached hydrogen (secondary N) is 2. The molecule has 0 heterocycles. The van der Waals surface area contributed by atoms with Gasteiger partial charge in [-0.15, -0.1) is 0 Å². The molecule has 1 fully saturated rings. The third-order valence-corrected chi connectivity index (χ3v) is 4.35. The lowest BCUT2D eigenvalue weighted by molar-refractivity contribution is -0.133. The molecule has 1 saturated carbocycles. The third-order valence-electron chi connectivity index (χ3n) is 4.35. The second kappa shape index (κ2) is 6.98. The zero-order chi connectivity index (χ0) is 13.6. The van der Waals surface area contributed by atoms with Gasteiger partial charge in [0.05, 0.1) is 6.10 Å². The second-order valence-electron chi connectivity index (χ2n) is 4.92. The minimum Gasteiger partial charge on any atom is -0.378 e. The maximum atomic E-state index is 5.88. The Bertz CT molecular complexity index is 274. The molecule has 2 atom stereocenters. The SMILES string of the molecule is CCNC(=NC)NC1CC(OCC)C1(CC)CC. The van der Waals surface area contributed by atoms with Crippen molar-refractivity contribution in [1.82, 2.24) is 10.6 Å². The Hall–Kier alpha value is -0.770. The molecule has 0 aromatic heterocycles. The fourth-order valence-electron chi connectivity index (χ4n) is 3.11. The second-order valence-corrected chi connectivity index (χ2v) is 4.92. The molecule has 1 aliphatic rings. The van der Waals surface area contributed by atoms with Crippen LogP contribution in [0.3, 0.4) is 0 Å². The highest BCUT2D eigenvalue weighted by atomic mass is 16.5. The van der Waals surface area contributed by atoms with E-state index < -0.39 is 0 Å². The van der Waals surface area contributed by atoms with Crippen LogP contribution in [-0.2, 0) is 4.74 Å². The first kappa shape index (κ1) is 15.3. The molecule has 0 amide bonds. The minimum absolute atomic E-state index is 0.265. The maximum absolute atomic E-state index is 5.88. The molecule has 1 aliphatic carbocycles. The summed E-state index contributed by atoms with van der Waals surface area (Å²) in [6, 6.07) is 0.474. The van der Waals surface area contributed by atoms with Gasteiger partial charge in [0.15, 0.2) is 5.96 Å². The van der Waals surface area contributed by atoms with Crippen LogP contribution in [0.15, 0.2) is 4.99 Å². The molecular weight excluding hydrogens is 226 g/mol. The van der Waals surface area contributed by atoms with Crippen LogP contribution in [-0.4, -0.2) is 38.3 Å². The first-order valence-electron chi connectivity index (χ1n) is 7.27. The van der Waals surface area contributed by atoms with Crippen LogP contribution in [0.2, 0.25) is 0 Å². The Morgan fingerprint density at radius 3 is 2.39 bits per heavy atom. The number of hydrogen-bond donors (Lipinski definition) is 2. The average molecular weight is 255 g/mol. The Morgan fingerprint density at radius 1 is 1.28 bits per heavy atom. The van der Waals surface area contributed by atoms with E-state index in [2.05, 4.69) is 43.3 Å². The number of aliphatic imine (C=N–C) groups is 1. The summed E-state index contributed by atoms with van der Waals surface area (Å²) >= 11 is 0. The Kier molecular flexibility index (Phi) is 5.93. The molecule has 0 aromatic carbocycles. The number of hydrogen-bond acceptors (Lipinski definition) is 2. The van der Waals surface area contributed by atoms with Gasteiger partial charge in [0, 0.05) is 31.7 Å². The summed E-state index contributed by atoms with van der Waals surface area (Å²) in [6.07, 6.45) is 3.78. The van der Waals surface area contributed by atoms with Crippen molar-refractivity contribution in [3.8, 4) is 0 Å². The van der Waals surface area contributed by atoms with Gasteiger partial charge in [0.1, 0.15) is 0 Å². The van der Waals surface area contributed by atoms with E-state index in [0.29, 0.717) is 12.1 Å². The number of guanidine groups is 1. The molecule has 1 rings (SSSR count). The smallest absolute Gasteiger partial charge is 0.191 e. The van der Waals surface area contributed by atoms with Gasteiger partial charge in [0.25, 0.3) is 0 Å². The van der Waals surface area contributed by atoms with E-state index in [0.717, 1.165) is 38.4 Å². The van der Waals surface area contributed by atoms with Gasteiger partial charge in [-0.2, -0.15) is 0 Å². The summed E-state index contributed by atoms with van der Waals surface area (Å²) in [5.41, 5.74) is 0.265. The van der Waals surface area contributed by atoms with Crippen molar-refractivity contribution in [2.24, 2.45) is 10.4 Å². The van der Waals surface area contributed by atoms with Crippen LogP contribution in [0.5, 0.6) is 0 Å². The fraction of sp³-hybridized carbons (Fsp3) is 0.929. The van der Waals surface area contributed by atoms with Gasteiger partial charge in [-0.3, -0.25) is 4.99 Å². The number of ether oxygens (including phenoxy) is 1. The number of nitrogens with zero attached hydrogens (tertiary/aromatic N) is 1. The maximum Gasteiger partial charge on any atom is 0.191 e. The predicted octanol–water partition coefficient (Wildman–Crippen LogP) is 2.16. The highest BCUT2D eigenvalue weighted by molar-refractivity contribution is 5.80. The summed E-state index contributed by atoms with van der Waals surface area (Å²) < 4.78 is 5.88. The molecule has 18 heavy (non-hydrogen) atoms. The zero-order valence-corrected chi connectivity index (χ0v) is 12.5. The quantitative estimate of drug-likeness (QED) is 0.565. The summed E-state index contributed by atoms with van der Waals surface area (Å²) in [5, 5.41) is 6.81. The van der Waals surface area contributed by atoms with Crippen LogP contribution in [0.1, 0.15) is 47.0 Å². The van der Waals surface area contributed by atoms with Gasteiger partial charge in [0.2, 0.25) is 0 Å².